The SMILES string of the molecule is c1ccc(-c2ccc(N(c3ccc(-c4ccccc4)cc3)c3ccc4ccc(-c5cc6oc(-c7ccccc7)nc6c6ccccc56)cc4c3)cc2)cc1. The van der Waals surface area contributed by atoms with E-state index in [9.17, 15) is 0 Å². The molecule has 0 N–H and O–H groups in total. The predicted molar refractivity (Wildman–Crippen MR) is 225 cm³/mol. The maximum atomic E-state index is 6.42. The number of fused-ring (bicyclic) bond motifs is 4. The summed E-state index contributed by atoms with van der Waals surface area (Å²) in [6.07, 6.45) is 0. The predicted octanol–water partition coefficient (Wildman–Crippen LogP) is 14.3. The number of anilines is 3. The number of rotatable bonds is 7. The van der Waals surface area contributed by atoms with Crippen molar-refractivity contribution in [2.24, 2.45) is 0 Å². The lowest BCUT2D eigenvalue weighted by Crippen LogP contribution is -2.09. The Hall–Kier alpha value is -7.23. The molecule has 0 amide bonds. The molecule has 0 aliphatic carbocycles. The van der Waals surface area contributed by atoms with Crippen LogP contribution in [0.5, 0.6) is 0 Å². The summed E-state index contributed by atoms with van der Waals surface area (Å²) >= 11 is 0. The molecule has 10 aromatic rings. The Labute approximate surface area is 314 Å². The largest absolute Gasteiger partial charge is 0.436 e. The zero-order valence-electron chi connectivity index (χ0n) is 29.4. The van der Waals surface area contributed by atoms with E-state index in [1.54, 1.807) is 0 Å². The molecule has 254 valence electrons. The van der Waals surface area contributed by atoms with Crippen molar-refractivity contribution in [3.63, 3.8) is 0 Å². The van der Waals surface area contributed by atoms with Gasteiger partial charge in [-0.05, 0) is 110 Å². The highest BCUT2D eigenvalue weighted by atomic mass is 16.3. The first-order chi connectivity index (χ1) is 26.7. The molecule has 10 rings (SSSR count). The Balaban J connectivity index is 1.09. The van der Waals surface area contributed by atoms with Crippen LogP contribution in [-0.4, -0.2) is 4.98 Å². The van der Waals surface area contributed by atoms with E-state index in [0.717, 1.165) is 61.0 Å². The van der Waals surface area contributed by atoms with Crippen LogP contribution in [0.4, 0.5) is 17.1 Å². The van der Waals surface area contributed by atoms with E-state index < -0.39 is 0 Å². The summed E-state index contributed by atoms with van der Waals surface area (Å²) in [5.74, 6) is 0.629. The van der Waals surface area contributed by atoms with E-state index in [2.05, 4.69) is 181 Å². The third-order valence-corrected chi connectivity index (χ3v) is 10.3. The molecule has 3 heteroatoms. The lowest BCUT2D eigenvalue weighted by Gasteiger charge is -2.26. The Bertz CT molecular complexity index is 2820. The van der Waals surface area contributed by atoms with Gasteiger partial charge in [0.1, 0.15) is 5.52 Å². The van der Waals surface area contributed by atoms with Gasteiger partial charge in [-0.1, -0.05) is 146 Å². The van der Waals surface area contributed by atoms with Crippen molar-refractivity contribution in [2.45, 2.75) is 0 Å². The van der Waals surface area contributed by atoms with Gasteiger partial charge in [0.2, 0.25) is 5.89 Å². The molecule has 0 unspecified atom stereocenters. The van der Waals surface area contributed by atoms with Gasteiger partial charge in [-0.2, -0.15) is 0 Å². The molecular weight excluding hydrogens is 657 g/mol. The fourth-order valence-electron chi connectivity index (χ4n) is 7.55. The molecule has 54 heavy (non-hydrogen) atoms. The minimum Gasteiger partial charge on any atom is -0.436 e. The third-order valence-electron chi connectivity index (χ3n) is 10.3. The van der Waals surface area contributed by atoms with Gasteiger partial charge in [0.15, 0.2) is 5.58 Å². The van der Waals surface area contributed by atoms with Gasteiger partial charge < -0.3 is 9.32 Å². The van der Waals surface area contributed by atoms with Crippen molar-refractivity contribution < 1.29 is 4.42 Å². The average Bonchev–Trinajstić information content (AvgIpc) is 3.70. The highest BCUT2D eigenvalue weighted by Crippen LogP contribution is 2.41. The van der Waals surface area contributed by atoms with Crippen LogP contribution in [-0.2, 0) is 0 Å². The highest BCUT2D eigenvalue weighted by molar-refractivity contribution is 6.12. The Kier molecular flexibility index (Phi) is 7.81. The van der Waals surface area contributed by atoms with Gasteiger partial charge in [0.25, 0.3) is 0 Å². The van der Waals surface area contributed by atoms with Crippen molar-refractivity contribution in [1.82, 2.24) is 4.98 Å². The number of nitrogens with zero attached hydrogens (tertiary/aromatic N) is 2. The minimum absolute atomic E-state index is 0.629. The topological polar surface area (TPSA) is 29.3 Å². The molecule has 0 saturated carbocycles. The molecule has 0 bridgehead atoms. The van der Waals surface area contributed by atoms with Crippen LogP contribution in [0.2, 0.25) is 0 Å². The van der Waals surface area contributed by atoms with Crippen LogP contribution in [0.3, 0.4) is 0 Å². The molecule has 1 heterocycles. The monoisotopic (exact) mass is 690 g/mol. The van der Waals surface area contributed by atoms with E-state index in [0.29, 0.717) is 5.89 Å². The molecule has 0 aliphatic rings. The van der Waals surface area contributed by atoms with Crippen LogP contribution >= 0.6 is 0 Å². The first kappa shape index (κ1) is 31.5. The summed E-state index contributed by atoms with van der Waals surface area (Å²) in [5, 5.41) is 4.56. The Morgan fingerprint density at radius 1 is 0.352 bits per heavy atom. The fourth-order valence-corrected chi connectivity index (χ4v) is 7.55. The number of benzene rings is 9. The summed E-state index contributed by atoms with van der Waals surface area (Å²) in [4.78, 5) is 7.30. The van der Waals surface area contributed by atoms with Crippen molar-refractivity contribution in [3.05, 3.63) is 206 Å². The lowest BCUT2D eigenvalue weighted by molar-refractivity contribution is 0.620. The second-order valence-corrected chi connectivity index (χ2v) is 13.6. The number of oxazole rings is 1. The van der Waals surface area contributed by atoms with Crippen molar-refractivity contribution in [3.8, 4) is 44.8 Å². The Morgan fingerprint density at radius 3 is 1.44 bits per heavy atom. The van der Waals surface area contributed by atoms with E-state index in [1.807, 2.05) is 30.3 Å². The van der Waals surface area contributed by atoms with E-state index in [-0.39, 0.29) is 0 Å². The second-order valence-electron chi connectivity index (χ2n) is 13.6. The zero-order valence-corrected chi connectivity index (χ0v) is 29.4. The van der Waals surface area contributed by atoms with Gasteiger partial charge >= 0.3 is 0 Å². The maximum absolute atomic E-state index is 6.42. The summed E-state index contributed by atoms with van der Waals surface area (Å²) in [5.41, 5.74) is 12.9. The molecule has 0 radical (unpaired) electrons. The molecule has 0 atom stereocenters. The standard InChI is InChI=1S/C51H34N2O/c1-4-12-35(13-5-1)37-22-27-43(28-23-37)53(44-29-24-38(25-30-44)36-14-6-2-7-15-36)45-31-26-39-20-21-41(32-42(39)33-45)48-34-49-50(47-19-11-10-18-46(47)48)52-51(54-49)40-16-8-3-9-17-40/h1-34H. The first-order valence-electron chi connectivity index (χ1n) is 18.3. The molecule has 1 aromatic heterocycles. The van der Waals surface area contributed by atoms with Gasteiger partial charge in [-0.15, -0.1) is 0 Å². The van der Waals surface area contributed by atoms with Gasteiger partial charge in [-0.3, -0.25) is 0 Å². The third kappa shape index (κ3) is 5.78. The van der Waals surface area contributed by atoms with Crippen LogP contribution < -0.4 is 4.90 Å². The molecule has 9 aromatic carbocycles. The van der Waals surface area contributed by atoms with Crippen molar-refractivity contribution in [1.29, 1.82) is 0 Å². The molecule has 0 aliphatic heterocycles. The number of hydrogen-bond donors (Lipinski definition) is 0. The quantitative estimate of drug-likeness (QED) is 0.167. The molecule has 0 fully saturated rings. The molecular formula is C51H34N2O. The van der Waals surface area contributed by atoms with E-state index in [1.165, 1.54) is 27.6 Å². The van der Waals surface area contributed by atoms with Crippen LogP contribution in [0, 0.1) is 0 Å². The van der Waals surface area contributed by atoms with Crippen LogP contribution in [0.25, 0.3) is 77.5 Å². The number of hydrogen-bond acceptors (Lipinski definition) is 3. The Morgan fingerprint density at radius 2 is 0.833 bits per heavy atom. The smallest absolute Gasteiger partial charge is 0.227 e. The van der Waals surface area contributed by atoms with Gasteiger partial charge in [0.05, 0.1) is 0 Å². The maximum Gasteiger partial charge on any atom is 0.227 e. The normalized spacial score (nSPS) is 11.3. The zero-order chi connectivity index (χ0) is 35.8. The summed E-state index contributed by atoms with van der Waals surface area (Å²) in [6, 6.07) is 73.0. The van der Waals surface area contributed by atoms with Crippen LogP contribution in [0.15, 0.2) is 211 Å². The lowest BCUT2D eigenvalue weighted by atomic mass is 9.95. The average molecular weight is 691 g/mol. The second kappa shape index (κ2) is 13.4. The van der Waals surface area contributed by atoms with Gasteiger partial charge in [-0.25, -0.2) is 4.98 Å². The van der Waals surface area contributed by atoms with Gasteiger partial charge in [0, 0.05) is 28.0 Å². The molecule has 0 saturated heterocycles. The highest BCUT2D eigenvalue weighted by Gasteiger charge is 2.17. The fraction of sp³-hybridized carbons (Fsp3) is 0. The minimum atomic E-state index is 0.629. The summed E-state index contributed by atoms with van der Waals surface area (Å²) in [7, 11) is 0. The van der Waals surface area contributed by atoms with Crippen molar-refractivity contribution >= 4 is 49.7 Å². The molecule has 0 spiro atoms. The van der Waals surface area contributed by atoms with Crippen LogP contribution in [0.1, 0.15) is 0 Å². The van der Waals surface area contributed by atoms with E-state index in [4.69, 9.17) is 9.40 Å². The van der Waals surface area contributed by atoms with E-state index >= 15 is 0 Å². The molecule has 3 nitrogen and oxygen atoms in total. The number of aromatic nitrogens is 1. The van der Waals surface area contributed by atoms with Crippen molar-refractivity contribution in [2.75, 3.05) is 4.90 Å². The summed E-state index contributed by atoms with van der Waals surface area (Å²) in [6.45, 7) is 0. The summed E-state index contributed by atoms with van der Waals surface area (Å²) < 4.78 is 6.42. The first-order valence-corrected chi connectivity index (χ1v) is 18.3.